The van der Waals surface area contributed by atoms with Gasteiger partial charge in [-0.2, -0.15) is 5.10 Å². The highest BCUT2D eigenvalue weighted by molar-refractivity contribution is 5.57. The first kappa shape index (κ1) is 16.6. The van der Waals surface area contributed by atoms with E-state index >= 15 is 0 Å². The van der Waals surface area contributed by atoms with E-state index in [9.17, 15) is 0 Å². The van der Waals surface area contributed by atoms with Gasteiger partial charge in [0.25, 0.3) is 0 Å². The average Bonchev–Trinajstić information content (AvgIpc) is 2.77. The molecule has 1 aromatic heterocycles. The molecule has 0 amide bonds. The van der Waals surface area contributed by atoms with Crippen LogP contribution in [0.1, 0.15) is 54.0 Å². The van der Waals surface area contributed by atoms with Gasteiger partial charge in [-0.15, -0.1) is 0 Å². The predicted octanol–water partition coefficient (Wildman–Crippen LogP) is 4.05. The van der Waals surface area contributed by atoms with Gasteiger partial charge in [-0.25, -0.2) is 4.68 Å². The Labute approximate surface area is 151 Å². The van der Waals surface area contributed by atoms with Crippen LogP contribution in [0.4, 0.5) is 5.82 Å². The minimum absolute atomic E-state index is 0.569. The third-order valence-electron chi connectivity index (χ3n) is 5.75. The van der Waals surface area contributed by atoms with Crippen molar-refractivity contribution in [3.8, 4) is 5.69 Å². The van der Waals surface area contributed by atoms with Crippen LogP contribution < -0.4 is 5.32 Å². The summed E-state index contributed by atoms with van der Waals surface area (Å²) in [7, 11) is 2.24. The number of nitrogens with one attached hydrogen (secondary N) is 1. The first-order valence-corrected chi connectivity index (χ1v) is 9.75. The maximum atomic E-state index is 5.18. The van der Waals surface area contributed by atoms with Gasteiger partial charge in [-0.1, -0.05) is 17.7 Å². The number of rotatable bonds is 2. The number of hydrogen-bond donors (Lipinski definition) is 1. The predicted molar refractivity (Wildman–Crippen MR) is 104 cm³/mol. The highest BCUT2D eigenvalue weighted by Gasteiger charge is 2.28. The summed E-state index contributed by atoms with van der Waals surface area (Å²) in [6.45, 7) is 7.75. The fraction of sp³-hybridized carbons (Fsp3) is 0.571. The number of likely N-dealkylation sites (tertiary alicyclic amines) is 1. The van der Waals surface area contributed by atoms with Crippen LogP contribution in [0.3, 0.4) is 0 Å². The van der Waals surface area contributed by atoms with E-state index in [1.165, 1.54) is 66.1 Å². The molecule has 4 heteroatoms. The lowest BCUT2D eigenvalue weighted by Crippen LogP contribution is -2.31. The Morgan fingerprint density at radius 1 is 1.16 bits per heavy atom. The molecule has 0 aliphatic carbocycles. The van der Waals surface area contributed by atoms with E-state index in [0.717, 1.165) is 19.5 Å². The summed E-state index contributed by atoms with van der Waals surface area (Å²) >= 11 is 0. The first-order valence-electron chi connectivity index (χ1n) is 9.75. The number of aromatic nitrogens is 2. The number of anilines is 1. The van der Waals surface area contributed by atoms with Gasteiger partial charge in [0, 0.05) is 24.6 Å². The van der Waals surface area contributed by atoms with E-state index < -0.39 is 0 Å². The van der Waals surface area contributed by atoms with E-state index in [1.807, 2.05) is 0 Å². The summed E-state index contributed by atoms with van der Waals surface area (Å²) < 4.78 is 2.19. The van der Waals surface area contributed by atoms with E-state index in [1.54, 1.807) is 0 Å². The Hall–Kier alpha value is -1.81. The number of nitrogens with zero attached hydrogens (tertiary/aromatic N) is 3. The van der Waals surface area contributed by atoms with Crippen LogP contribution in [0.2, 0.25) is 0 Å². The van der Waals surface area contributed by atoms with E-state index in [2.05, 4.69) is 54.0 Å². The van der Waals surface area contributed by atoms with E-state index in [-0.39, 0.29) is 0 Å². The summed E-state index contributed by atoms with van der Waals surface area (Å²) in [4.78, 5) is 2.46. The molecule has 4 rings (SSSR count). The van der Waals surface area contributed by atoms with Crippen molar-refractivity contribution in [3.63, 3.8) is 0 Å². The van der Waals surface area contributed by atoms with Gasteiger partial charge >= 0.3 is 0 Å². The Kier molecular flexibility index (Phi) is 4.55. The molecular weight excluding hydrogens is 308 g/mol. The summed E-state index contributed by atoms with van der Waals surface area (Å²) in [6, 6.07) is 6.68. The molecule has 25 heavy (non-hydrogen) atoms. The monoisotopic (exact) mass is 338 g/mol. The van der Waals surface area contributed by atoms with Gasteiger partial charge in [0.1, 0.15) is 5.82 Å². The largest absolute Gasteiger partial charge is 0.370 e. The van der Waals surface area contributed by atoms with Crippen LogP contribution in [-0.4, -0.2) is 41.4 Å². The van der Waals surface area contributed by atoms with Crippen molar-refractivity contribution < 1.29 is 0 Å². The lowest BCUT2D eigenvalue weighted by Gasteiger charge is -2.29. The number of benzene rings is 1. The third kappa shape index (κ3) is 3.20. The molecule has 0 radical (unpaired) electrons. The lowest BCUT2D eigenvalue weighted by molar-refractivity contribution is 0.247. The molecule has 2 aliphatic rings. The minimum atomic E-state index is 0.569. The van der Waals surface area contributed by atoms with Crippen LogP contribution >= 0.6 is 0 Å². The molecule has 1 fully saturated rings. The highest BCUT2D eigenvalue weighted by Crippen LogP contribution is 2.36. The second-order valence-corrected chi connectivity index (χ2v) is 7.90. The summed E-state index contributed by atoms with van der Waals surface area (Å²) in [6.07, 6.45) is 6.20. The molecule has 134 valence electrons. The average molecular weight is 338 g/mol. The fourth-order valence-corrected chi connectivity index (χ4v) is 4.46. The highest BCUT2D eigenvalue weighted by atomic mass is 15.3. The van der Waals surface area contributed by atoms with Crippen molar-refractivity contribution >= 4 is 5.82 Å². The molecule has 1 saturated heterocycles. The third-order valence-corrected chi connectivity index (χ3v) is 5.75. The Morgan fingerprint density at radius 3 is 2.84 bits per heavy atom. The van der Waals surface area contributed by atoms with Gasteiger partial charge in [0.15, 0.2) is 0 Å². The van der Waals surface area contributed by atoms with Crippen LogP contribution in [-0.2, 0) is 6.42 Å². The number of fused-ring (bicyclic) bond motifs is 1. The first-order chi connectivity index (χ1) is 12.1. The Morgan fingerprint density at radius 2 is 2.04 bits per heavy atom. The quantitative estimate of drug-likeness (QED) is 0.897. The number of aryl methyl sites for hydroxylation is 2. The molecule has 2 aliphatic heterocycles. The molecule has 1 unspecified atom stereocenters. The van der Waals surface area contributed by atoms with Crippen molar-refractivity contribution in [2.75, 3.05) is 32.0 Å². The lowest BCUT2D eigenvalue weighted by atomic mass is 9.91. The number of likely N-dealkylation sites (N-methyl/N-ethyl adjacent to an activating group) is 1. The molecule has 0 saturated carbocycles. The Bertz CT molecular complexity index is 761. The van der Waals surface area contributed by atoms with Crippen LogP contribution in [0.5, 0.6) is 0 Å². The smallest absolute Gasteiger partial charge is 0.133 e. The van der Waals surface area contributed by atoms with Gasteiger partial charge in [-0.05, 0) is 71.2 Å². The summed E-state index contributed by atoms with van der Waals surface area (Å²) in [5, 5.41) is 8.87. The van der Waals surface area contributed by atoms with Crippen molar-refractivity contribution in [2.45, 2.75) is 51.9 Å². The molecule has 1 aromatic carbocycles. The topological polar surface area (TPSA) is 33.1 Å². The van der Waals surface area contributed by atoms with Gasteiger partial charge in [-0.3, -0.25) is 0 Å². The molecule has 3 heterocycles. The number of piperidine rings is 1. The zero-order valence-electron chi connectivity index (χ0n) is 15.8. The molecular formula is C21H30N4. The molecule has 4 nitrogen and oxygen atoms in total. The zero-order valence-corrected chi connectivity index (χ0v) is 15.8. The summed E-state index contributed by atoms with van der Waals surface area (Å²) in [5.74, 6) is 1.81. The van der Waals surface area contributed by atoms with Crippen LogP contribution in [0.25, 0.3) is 5.69 Å². The van der Waals surface area contributed by atoms with Crippen molar-refractivity contribution in [1.82, 2.24) is 14.7 Å². The minimum Gasteiger partial charge on any atom is -0.370 e. The van der Waals surface area contributed by atoms with Crippen molar-refractivity contribution in [3.05, 3.63) is 40.6 Å². The molecule has 1 N–H and O–H groups in total. The second kappa shape index (κ2) is 6.83. The SMILES string of the molecule is Cc1ccc(-n2nc(C3CCCN(C)C3)c3c2NCCCC3)c(C)c1. The molecule has 1 atom stereocenters. The van der Waals surface area contributed by atoms with Crippen LogP contribution in [0, 0.1) is 13.8 Å². The maximum absolute atomic E-state index is 5.18. The van der Waals surface area contributed by atoms with Crippen LogP contribution in [0.15, 0.2) is 18.2 Å². The van der Waals surface area contributed by atoms with Crippen molar-refractivity contribution in [1.29, 1.82) is 0 Å². The van der Waals surface area contributed by atoms with E-state index in [0.29, 0.717) is 5.92 Å². The van der Waals surface area contributed by atoms with Crippen molar-refractivity contribution in [2.24, 2.45) is 0 Å². The second-order valence-electron chi connectivity index (χ2n) is 7.90. The van der Waals surface area contributed by atoms with E-state index in [4.69, 9.17) is 5.10 Å². The van der Waals surface area contributed by atoms with Gasteiger partial charge < -0.3 is 10.2 Å². The molecule has 2 aromatic rings. The normalized spacial score (nSPS) is 21.5. The standard InChI is InChI=1S/C21H30N4/c1-15-9-10-19(16(2)13-15)25-21-18(8-4-5-11-22-21)20(23-25)17-7-6-12-24(3)14-17/h9-10,13,17,22H,4-8,11-12,14H2,1-3H3. The molecule has 0 spiro atoms. The van der Waals surface area contributed by atoms with Gasteiger partial charge in [0.2, 0.25) is 0 Å². The van der Waals surface area contributed by atoms with Gasteiger partial charge in [0.05, 0.1) is 11.4 Å². The maximum Gasteiger partial charge on any atom is 0.133 e. The summed E-state index contributed by atoms with van der Waals surface area (Å²) in [5.41, 5.74) is 6.63. The molecule has 0 bridgehead atoms. The number of hydrogen-bond acceptors (Lipinski definition) is 3. The Balaban J connectivity index is 1.81. The fourth-order valence-electron chi connectivity index (χ4n) is 4.46. The zero-order chi connectivity index (χ0) is 17.4.